The zero-order valence-electron chi connectivity index (χ0n) is 25.3. The van der Waals surface area contributed by atoms with Crippen LogP contribution in [0.15, 0.2) is 117 Å². The van der Waals surface area contributed by atoms with E-state index in [9.17, 15) is 9.59 Å². The number of benzene rings is 4. The van der Waals surface area contributed by atoms with E-state index in [-0.39, 0.29) is 11.5 Å². The lowest BCUT2D eigenvalue weighted by Crippen LogP contribution is -2.40. The van der Waals surface area contributed by atoms with Crippen molar-refractivity contribution in [3.05, 3.63) is 152 Å². The molecule has 1 aromatic heterocycles. The minimum Gasteiger partial charge on any atom is -0.494 e. The van der Waals surface area contributed by atoms with E-state index in [0.717, 1.165) is 24.7 Å². The molecule has 238 valence electrons. The Bertz CT molecular complexity index is 2170. The molecule has 4 aromatic carbocycles. The number of ether oxygens (including phenoxy) is 2. The zero-order valence-corrected chi connectivity index (χ0v) is 30.6. The molecule has 0 fully saturated rings. The smallest absolute Gasteiger partial charge is 0.271 e. The second-order valence-corrected chi connectivity index (χ2v) is 14.1. The van der Waals surface area contributed by atoms with Crippen LogP contribution in [0.25, 0.3) is 6.08 Å². The number of thiazole rings is 1. The number of anilines is 1. The first-order chi connectivity index (χ1) is 22.7. The van der Waals surface area contributed by atoms with Gasteiger partial charge < -0.3 is 14.8 Å². The van der Waals surface area contributed by atoms with Crippen LogP contribution in [0.2, 0.25) is 5.02 Å². The molecule has 5 aromatic rings. The van der Waals surface area contributed by atoms with Crippen LogP contribution in [-0.4, -0.2) is 17.1 Å². The lowest BCUT2D eigenvalue weighted by Gasteiger charge is -2.25. The summed E-state index contributed by atoms with van der Waals surface area (Å²) in [5, 5.41) is 3.64. The largest absolute Gasteiger partial charge is 0.494 e. The molecule has 0 saturated heterocycles. The number of nitrogens with one attached hydrogen (secondary N) is 1. The van der Waals surface area contributed by atoms with E-state index in [1.165, 1.54) is 11.3 Å². The standard InChI is InChI=1S/C36H28BrClIN3O4S/c1-3-45-28-15-11-23(12-16-28)32-31(34(43)41-27-7-5-4-6-8-27)21(2)40-36-42(32)35(44)30(47-36)18-24-17-25(37)19-29(39)33(24)46-20-22-9-13-26(38)14-10-22/h4-19,32H,3,20H2,1-2H3,(H,41,43)/b30-18-/t32-/m1/s1. The Morgan fingerprint density at radius 1 is 1.06 bits per heavy atom. The lowest BCUT2D eigenvalue weighted by molar-refractivity contribution is -0.113. The van der Waals surface area contributed by atoms with Gasteiger partial charge in [0.2, 0.25) is 0 Å². The number of amides is 1. The van der Waals surface area contributed by atoms with Gasteiger partial charge in [0.25, 0.3) is 11.5 Å². The van der Waals surface area contributed by atoms with Crippen LogP contribution in [0.5, 0.6) is 11.5 Å². The zero-order chi connectivity index (χ0) is 33.1. The molecule has 47 heavy (non-hydrogen) atoms. The number of aromatic nitrogens is 1. The van der Waals surface area contributed by atoms with Gasteiger partial charge in [-0.3, -0.25) is 14.2 Å². The Morgan fingerprint density at radius 2 is 1.79 bits per heavy atom. The van der Waals surface area contributed by atoms with E-state index < -0.39 is 6.04 Å². The van der Waals surface area contributed by atoms with Crippen LogP contribution in [-0.2, 0) is 11.4 Å². The Balaban J connectivity index is 1.45. The van der Waals surface area contributed by atoms with Crippen LogP contribution in [0.1, 0.15) is 36.6 Å². The summed E-state index contributed by atoms with van der Waals surface area (Å²) in [6.45, 7) is 4.58. The summed E-state index contributed by atoms with van der Waals surface area (Å²) in [6, 6.07) is 27.4. The molecule has 6 rings (SSSR count). The fourth-order valence-electron chi connectivity index (χ4n) is 5.28. The molecule has 0 bridgehead atoms. The van der Waals surface area contributed by atoms with E-state index in [0.29, 0.717) is 56.0 Å². The van der Waals surface area contributed by atoms with Crippen molar-refractivity contribution in [2.75, 3.05) is 11.9 Å². The number of nitrogens with zero attached hydrogens (tertiary/aromatic N) is 2. The van der Waals surface area contributed by atoms with Gasteiger partial charge in [0.05, 0.1) is 32.0 Å². The van der Waals surface area contributed by atoms with Crippen LogP contribution in [0.3, 0.4) is 0 Å². The van der Waals surface area contributed by atoms with Crippen molar-refractivity contribution >= 4 is 79.1 Å². The van der Waals surface area contributed by atoms with Gasteiger partial charge >= 0.3 is 0 Å². The second kappa shape index (κ2) is 14.6. The molecule has 0 aliphatic carbocycles. The molecule has 1 aliphatic rings. The fourth-order valence-corrected chi connectivity index (χ4v) is 8.15. The third kappa shape index (κ3) is 7.40. The predicted octanol–water partition coefficient (Wildman–Crippen LogP) is 7.87. The number of carbonyl (C=O) groups excluding carboxylic acids is 1. The van der Waals surface area contributed by atoms with Crippen LogP contribution in [0.4, 0.5) is 5.69 Å². The number of hydrogen-bond acceptors (Lipinski definition) is 6. The minimum absolute atomic E-state index is 0.260. The van der Waals surface area contributed by atoms with E-state index in [4.69, 9.17) is 26.1 Å². The average Bonchev–Trinajstić information content (AvgIpc) is 3.35. The van der Waals surface area contributed by atoms with Gasteiger partial charge in [0, 0.05) is 20.7 Å². The molecule has 2 heterocycles. The SMILES string of the molecule is CCOc1ccc([C@@H]2C(C(=O)Nc3ccccc3)=C(C)N=c3s/c(=C\c4cc(Br)cc(I)c4OCc4ccc(Cl)cc4)c(=O)n32)cc1. The van der Waals surface area contributed by atoms with Gasteiger partial charge in [-0.25, -0.2) is 4.99 Å². The molecule has 1 atom stereocenters. The van der Waals surface area contributed by atoms with Gasteiger partial charge in [-0.15, -0.1) is 0 Å². The van der Waals surface area contributed by atoms with Crippen molar-refractivity contribution in [2.24, 2.45) is 4.99 Å². The maximum atomic E-state index is 14.3. The highest BCUT2D eigenvalue weighted by Crippen LogP contribution is 2.33. The van der Waals surface area contributed by atoms with Crippen molar-refractivity contribution in [3.63, 3.8) is 0 Å². The molecule has 0 spiro atoms. The second-order valence-electron chi connectivity index (χ2n) is 10.6. The highest BCUT2D eigenvalue weighted by molar-refractivity contribution is 14.1. The van der Waals surface area contributed by atoms with Gasteiger partial charge in [-0.2, -0.15) is 0 Å². The average molecular weight is 841 g/mol. The number of hydrogen-bond donors (Lipinski definition) is 1. The Hall–Kier alpha value is -3.71. The molecule has 11 heteroatoms. The molecule has 1 amide bonds. The highest BCUT2D eigenvalue weighted by atomic mass is 127. The summed E-state index contributed by atoms with van der Waals surface area (Å²) >= 11 is 13.2. The number of carbonyl (C=O) groups is 1. The lowest BCUT2D eigenvalue weighted by atomic mass is 9.95. The number of fused-ring (bicyclic) bond motifs is 1. The van der Waals surface area contributed by atoms with Crippen molar-refractivity contribution in [1.29, 1.82) is 0 Å². The fraction of sp³-hybridized carbons (Fsp3) is 0.139. The normalized spacial score (nSPS) is 14.4. The molecule has 0 unspecified atom stereocenters. The first kappa shape index (κ1) is 33.2. The molecule has 0 radical (unpaired) electrons. The van der Waals surface area contributed by atoms with Crippen molar-refractivity contribution < 1.29 is 14.3 Å². The van der Waals surface area contributed by atoms with E-state index in [2.05, 4.69) is 43.8 Å². The summed E-state index contributed by atoms with van der Waals surface area (Å²) in [7, 11) is 0. The number of rotatable bonds is 9. The summed E-state index contributed by atoms with van der Waals surface area (Å²) in [6.07, 6.45) is 1.83. The molecular weight excluding hydrogens is 813 g/mol. The summed E-state index contributed by atoms with van der Waals surface area (Å²) in [4.78, 5) is 33.5. The Kier molecular flexibility index (Phi) is 10.3. The molecule has 7 nitrogen and oxygen atoms in total. The van der Waals surface area contributed by atoms with Gasteiger partial charge in [0.1, 0.15) is 18.1 Å². The molecule has 1 N–H and O–H groups in total. The number of para-hydroxylation sites is 1. The summed E-state index contributed by atoms with van der Waals surface area (Å²) in [5.74, 6) is 1.02. The van der Waals surface area contributed by atoms with Crippen molar-refractivity contribution in [3.8, 4) is 11.5 Å². The summed E-state index contributed by atoms with van der Waals surface area (Å²) in [5.41, 5.74) is 3.77. The van der Waals surface area contributed by atoms with Gasteiger partial charge in [-0.05, 0) is 102 Å². The minimum atomic E-state index is -0.712. The Morgan fingerprint density at radius 3 is 2.49 bits per heavy atom. The number of halogens is 3. The maximum absolute atomic E-state index is 14.3. The van der Waals surface area contributed by atoms with Crippen LogP contribution in [0, 0.1) is 3.57 Å². The number of allylic oxidation sites excluding steroid dienone is 1. The molecule has 0 saturated carbocycles. The maximum Gasteiger partial charge on any atom is 0.271 e. The van der Waals surface area contributed by atoms with E-state index in [1.807, 2.05) is 104 Å². The van der Waals surface area contributed by atoms with Crippen molar-refractivity contribution in [1.82, 2.24) is 4.57 Å². The highest BCUT2D eigenvalue weighted by Gasteiger charge is 2.32. The summed E-state index contributed by atoms with van der Waals surface area (Å²) < 4.78 is 15.8. The first-order valence-corrected chi connectivity index (χ1v) is 17.8. The first-order valence-electron chi connectivity index (χ1n) is 14.7. The van der Waals surface area contributed by atoms with Gasteiger partial charge in [0.15, 0.2) is 4.80 Å². The third-order valence-electron chi connectivity index (χ3n) is 7.42. The monoisotopic (exact) mass is 839 g/mol. The van der Waals surface area contributed by atoms with E-state index in [1.54, 1.807) is 11.5 Å². The topological polar surface area (TPSA) is 81.9 Å². The quantitative estimate of drug-likeness (QED) is 0.153. The van der Waals surface area contributed by atoms with Crippen molar-refractivity contribution in [2.45, 2.75) is 26.5 Å². The third-order valence-corrected chi connectivity index (χ3v) is 9.92. The van der Waals surface area contributed by atoms with Crippen LogP contribution >= 0.6 is 61.5 Å². The van der Waals surface area contributed by atoms with Gasteiger partial charge in [-0.1, -0.05) is 81.3 Å². The van der Waals surface area contributed by atoms with Crippen LogP contribution < -0.4 is 29.7 Å². The Labute approximate surface area is 302 Å². The predicted molar refractivity (Wildman–Crippen MR) is 199 cm³/mol. The molecule has 1 aliphatic heterocycles. The van der Waals surface area contributed by atoms with E-state index >= 15 is 0 Å². The molecular formula is C36H28BrClIN3O4S.